The minimum absolute atomic E-state index is 0.588. The molecule has 0 radical (unpaired) electrons. The van der Waals surface area contributed by atoms with E-state index in [2.05, 4.69) is 6.92 Å². The topological polar surface area (TPSA) is 27.7 Å². The van der Waals surface area contributed by atoms with Gasteiger partial charge in [0.15, 0.2) is 0 Å². The molecule has 0 bridgehead atoms. The number of rotatable bonds is 7. The summed E-state index contributed by atoms with van der Waals surface area (Å²) in [5.74, 6) is 0. The van der Waals surface area contributed by atoms with E-state index < -0.39 is 29.3 Å². The summed E-state index contributed by atoms with van der Waals surface area (Å²) in [6.07, 6.45) is 8.18. The van der Waals surface area contributed by atoms with Crippen molar-refractivity contribution in [1.82, 2.24) is 0 Å². The molecule has 0 aliphatic carbocycles. The first kappa shape index (κ1) is 12.6. The predicted molar refractivity (Wildman–Crippen MR) is 65.7 cm³/mol. The third-order valence-corrected chi connectivity index (χ3v) is 8.74. The van der Waals surface area contributed by atoms with Gasteiger partial charge in [-0.25, -0.2) is 0 Å². The lowest BCUT2D eigenvalue weighted by atomic mass is 10.1. The van der Waals surface area contributed by atoms with E-state index >= 15 is 0 Å². The van der Waals surface area contributed by atoms with Gasteiger partial charge in [-0.05, 0) is 6.04 Å². The Morgan fingerprint density at radius 2 is 1.57 bits per heavy atom. The van der Waals surface area contributed by atoms with E-state index in [1.807, 2.05) is 0 Å². The highest BCUT2D eigenvalue weighted by Crippen LogP contribution is 2.10. The minimum atomic E-state index is -1.19. The molecule has 6 heteroatoms. The molecule has 0 atom stereocenters. The Morgan fingerprint density at radius 1 is 0.929 bits per heavy atom. The van der Waals surface area contributed by atoms with Gasteiger partial charge in [-0.1, -0.05) is 45.4 Å². The van der Waals surface area contributed by atoms with Crippen LogP contribution in [0.4, 0.5) is 0 Å². The Balaban J connectivity index is 1.82. The number of hydrogen-bond donors (Lipinski definition) is 0. The Hall–Kier alpha value is 0.531. The highest BCUT2D eigenvalue weighted by atomic mass is 28.4. The van der Waals surface area contributed by atoms with Crippen LogP contribution in [0.1, 0.15) is 45.4 Å². The second kappa shape index (κ2) is 8.81. The van der Waals surface area contributed by atoms with Gasteiger partial charge in [0.1, 0.15) is 0 Å². The molecule has 1 saturated heterocycles. The highest BCUT2D eigenvalue weighted by Gasteiger charge is 2.16. The molecule has 14 heavy (non-hydrogen) atoms. The summed E-state index contributed by atoms with van der Waals surface area (Å²) in [4.78, 5) is 0. The molecule has 84 valence electrons. The molecule has 0 aromatic heterocycles. The van der Waals surface area contributed by atoms with Gasteiger partial charge in [0.2, 0.25) is 0 Å². The van der Waals surface area contributed by atoms with Gasteiger partial charge < -0.3 is 12.3 Å². The monoisotopic (exact) mass is 250 g/mol. The van der Waals surface area contributed by atoms with Crippen molar-refractivity contribution < 1.29 is 12.3 Å². The van der Waals surface area contributed by atoms with E-state index in [1.54, 1.807) is 0 Å². The zero-order valence-corrected chi connectivity index (χ0v) is 13.1. The summed E-state index contributed by atoms with van der Waals surface area (Å²) in [6.45, 7) is 2.26. The Kier molecular flexibility index (Phi) is 7.93. The Morgan fingerprint density at radius 3 is 2.29 bits per heavy atom. The molecule has 1 fully saturated rings. The fourth-order valence-electron chi connectivity index (χ4n) is 1.59. The molecule has 1 heterocycles. The molecule has 0 saturated carbocycles. The summed E-state index contributed by atoms with van der Waals surface area (Å²) < 4.78 is 16.4. The molecule has 0 amide bonds. The number of unbranched alkanes of at least 4 members (excludes halogenated alkanes) is 5. The van der Waals surface area contributed by atoms with Gasteiger partial charge in [-0.2, -0.15) is 0 Å². The van der Waals surface area contributed by atoms with Crippen molar-refractivity contribution >= 4 is 29.3 Å². The summed E-state index contributed by atoms with van der Waals surface area (Å²) in [7, 11) is -2.36. The van der Waals surface area contributed by atoms with Crippen molar-refractivity contribution in [1.29, 1.82) is 0 Å². The van der Waals surface area contributed by atoms with Gasteiger partial charge in [-0.15, -0.1) is 0 Å². The molecule has 0 N–H and O–H groups in total. The fourth-order valence-corrected chi connectivity index (χ4v) is 8.78. The average molecular weight is 251 g/mol. The maximum atomic E-state index is 5.57. The van der Waals surface area contributed by atoms with E-state index in [-0.39, 0.29) is 0 Å². The predicted octanol–water partition coefficient (Wildman–Crippen LogP) is 0.628. The Bertz CT molecular complexity index is 131. The lowest BCUT2D eigenvalue weighted by Crippen LogP contribution is -2.34. The third kappa shape index (κ3) is 6.10. The molecule has 0 aromatic rings. The summed E-state index contributed by atoms with van der Waals surface area (Å²) in [6, 6.07) is 1.22. The maximum absolute atomic E-state index is 5.57. The molecule has 0 spiro atoms. The zero-order valence-electron chi connectivity index (χ0n) is 9.17. The molecule has 0 aromatic carbocycles. The largest absolute Gasteiger partial charge is 0.425 e. The Labute approximate surface area is 93.5 Å². The van der Waals surface area contributed by atoms with Crippen molar-refractivity contribution in [3.05, 3.63) is 0 Å². The van der Waals surface area contributed by atoms with Gasteiger partial charge in [0, 0.05) is 0 Å². The van der Waals surface area contributed by atoms with Crippen LogP contribution >= 0.6 is 0 Å². The summed E-state index contributed by atoms with van der Waals surface area (Å²) >= 11 is 0. The van der Waals surface area contributed by atoms with E-state index in [9.17, 15) is 0 Å². The summed E-state index contributed by atoms with van der Waals surface area (Å²) in [5, 5.41) is 0. The van der Waals surface area contributed by atoms with Crippen molar-refractivity contribution in [2.45, 2.75) is 51.5 Å². The average Bonchev–Trinajstić information content (AvgIpc) is 2.25. The first-order valence-electron chi connectivity index (χ1n) is 5.74. The minimum Gasteiger partial charge on any atom is -0.425 e. The van der Waals surface area contributed by atoms with Crippen LogP contribution in [0.5, 0.6) is 0 Å². The van der Waals surface area contributed by atoms with Crippen LogP contribution in [-0.4, -0.2) is 29.3 Å². The standard InChI is InChI=1S/C8H22O3Si3/c1-2-3-4-5-6-7-8-14-10-12-9-13-11-14/h14H,2-8,12-13H2,1H3. The van der Waals surface area contributed by atoms with Gasteiger partial charge >= 0.3 is 9.28 Å². The van der Waals surface area contributed by atoms with Crippen LogP contribution in [0.2, 0.25) is 6.04 Å². The van der Waals surface area contributed by atoms with E-state index in [4.69, 9.17) is 12.3 Å². The van der Waals surface area contributed by atoms with Gasteiger partial charge in [-0.3, -0.25) is 0 Å². The molecule has 0 unspecified atom stereocenters. The SMILES string of the molecule is CCCCCCCC[SiH]1O[SiH2]O[SiH2]O1. The van der Waals surface area contributed by atoms with Crippen LogP contribution in [0.3, 0.4) is 0 Å². The smallest absolute Gasteiger partial charge is 0.303 e. The third-order valence-electron chi connectivity index (χ3n) is 2.47. The van der Waals surface area contributed by atoms with Gasteiger partial charge in [0.25, 0.3) is 20.0 Å². The lowest BCUT2D eigenvalue weighted by Gasteiger charge is -2.21. The van der Waals surface area contributed by atoms with Crippen molar-refractivity contribution in [3.8, 4) is 0 Å². The van der Waals surface area contributed by atoms with Crippen molar-refractivity contribution in [2.24, 2.45) is 0 Å². The zero-order chi connectivity index (χ0) is 10.1. The van der Waals surface area contributed by atoms with Crippen LogP contribution in [0.15, 0.2) is 0 Å². The first-order valence-corrected chi connectivity index (χ1v) is 9.81. The molecular formula is C8H22O3Si3. The number of hydrogen-bond acceptors (Lipinski definition) is 3. The van der Waals surface area contributed by atoms with Crippen LogP contribution < -0.4 is 0 Å². The summed E-state index contributed by atoms with van der Waals surface area (Å²) in [5.41, 5.74) is 0. The lowest BCUT2D eigenvalue weighted by molar-refractivity contribution is 0.320. The van der Waals surface area contributed by atoms with E-state index in [0.29, 0.717) is 0 Å². The van der Waals surface area contributed by atoms with Crippen LogP contribution in [-0.2, 0) is 12.3 Å². The van der Waals surface area contributed by atoms with E-state index in [0.717, 1.165) is 0 Å². The maximum Gasteiger partial charge on any atom is 0.303 e. The fraction of sp³-hybridized carbons (Fsp3) is 1.00. The van der Waals surface area contributed by atoms with Crippen LogP contribution in [0, 0.1) is 0 Å². The molecule has 1 aliphatic heterocycles. The molecule has 3 nitrogen and oxygen atoms in total. The van der Waals surface area contributed by atoms with Crippen LogP contribution in [0.25, 0.3) is 0 Å². The normalized spacial score (nSPS) is 25.9. The van der Waals surface area contributed by atoms with Crippen molar-refractivity contribution in [3.63, 3.8) is 0 Å². The van der Waals surface area contributed by atoms with Gasteiger partial charge in [0.05, 0.1) is 0 Å². The second-order valence-corrected chi connectivity index (χ2v) is 9.97. The van der Waals surface area contributed by atoms with E-state index in [1.165, 1.54) is 44.6 Å². The second-order valence-electron chi connectivity index (χ2n) is 3.76. The quantitative estimate of drug-likeness (QED) is 0.490. The highest BCUT2D eigenvalue weighted by molar-refractivity contribution is 6.61. The van der Waals surface area contributed by atoms with Crippen molar-refractivity contribution in [2.75, 3.05) is 0 Å². The first-order chi connectivity index (χ1) is 6.93. The molecule has 1 aliphatic rings. The molecular weight excluding hydrogens is 228 g/mol. The molecule has 1 rings (SSSR count).